The fourth-order valence-corrected chi connectivity index (χ4v) is 4.29. The lowest BCUT2D eigenvalue weighted by Gasteiger charge is -2.27. The average molecular weight is 457 g/mol. The number of aromatic nitrogens is 1. The van der Waals surface area contributed by atoms with Gasteiger partial charge in [0.05, 0.1) is 11.1 Å². The minimum Gasteiger partial charge on any atom is -0.347 e. The summed E-state index contributed by atoms with van der Waals surface area (Å²) in [6.07, 6.45) is 1.81. The van der Waals surface area contributed by atoms with Crippen molar-refractivity contribution >= 4 is 41.3 Å². The van der Waals surface area contributed by atoms with Gasteiger partial charge in [0.15, 0.2) is 0 Å². The Morgan fingerprint density at radius 3 is 2.66 bits per heavy atom. The molecule has 32 heavy (non-hydrogen) atoms. The van der Waals surface area contributed by atoms with Crippen LogP contribution in [-0.4, -0.2) is 51.2 Å². The molecule has 1 aromatic carbocycles. The van der Waals surface area contributed by atoms with Crippen molar-refractivity contribution in [3.63, 3.8) is 0 Å². The summed E-state index contributed by atoms with van der Waals surface area (Å²) in [4.78, 5) is 67.5. The number of carbonyl (C=O) groups is 5. The molecule has 0 aliphatic carbocycles. The maximum absolute atomic E-state index is 12.9. The second kappa shape index (κ2) is 8.91. The van der Waals surface area contributed by atoms with E-state index in [2.05, 4.69) is 15.6 Å². The number of fused-ring (bicyclic) bond motifs is 1. The quantitative estimate of drug-likeness (QED) is 0.503. The van der Waals surface area contributed by atoms with E-state index < -0.39 is 29.7 Å². The Morgan fingerprint density at radius 1 is 1.19 bits per heavy atom. The van der Waals surface area contributed by atoms with Crippen molar-refractivity contribution < 1.29 is 26.8 Å². The minimum absolute atomic E-state index is 0. The summed E-state index contributed by atoms with van der Waals surface area (Å²) in [6.45, 7) is 2.17. The Kier molecular flexibility index (Phi) is 6.04. The highest BCUT2D eigenvalue weighted by atomic mass is 32.2. The van der Waals surface area contributed by atoms with Gasteiger partial charge in [0.25, 0.3) is 17.7 Å². The number of thioether (sulfide) groups is 1. The number of amides is 5. The summed E-state index contributed by atoms with van der Waals surface area (Å²) in [5, 5.41) is 4.92. The fourth-order valence-electron chi connectivity index (χ4n) is 3.67. The number of benzene rings is 1. The zero-order valence-corrected chi connectivity index (χ0v) is 18.0. The van der Waals surface area contributed by atoms with E-state index in [-0.39, 0.29) is 45.0 Å². The Morgan fingerprint density at radius 2 is 1.97 bits per heavy atom. The van der Waals surface area contributed by atoms with Crippen molar-refractivity contribution in [3.05, 3.63) is 58.9 Å². The monoisotopic (exact) mass is 456 g/mol. The van der Waals surface area contributed by atoms with Crippen LogP contribution < -0.4 is 10.6 Å². The van der Waals surface area contributed by atoms with Gasteiger partial charge in [-0.15, -0.1) is 11.8 Å². The van der Waals surface area contributed by atoms with Crippen LogP contribution in [0.15, 0.2) is 41.4 Å². The highest BCUT2D eigenvalue weighted by Gasteiger charge is 2.44. The molecule has 2 aliphatic rings. The van der Waals surface area contributed by atoms with Crippen molar-refractivity contribution in [2.75, 3.05) is 5.75 Å². The fraction of sp³-hybridized carbons (Fsp3) is 0.273. The highest BCUT2D eigenvalue weighted by Crippen LogP contribution is 2.28. The molecule has 2 aliphatic heterocycles. The molecular formula is C22H24N4O5S. The van der Waals surface area contributed by atoms with Gasteiger partial charge in [0, 0.05) is 26.9 Å². The predicted octanol–water partition coefficient (Wildman–Crippen LogP) is 2.02. The summed E-state index contributed by atoms with van der Waals surface area (Å²) >= 11 is 1.63. The predicted molar refractivity (Wildman–Crippen MR) is 119 cm³/mol. The molecule has 2 N–H and O–H groups in total. The average Bonchev–Trinajstić information content (AvgIpc) is 3.03. The van der Waals surface area contributed by atoms with Crippen LogP contribution in [0.5, 0.6) is 0 Å². The molecule has 10 heteroatoms. The molecule has 2 aromatic rings. The maximum Gasteiger partial charge on any atom is 0.270 e. The minimum atomic E-state index is -1.01. The van der Waals surface area contributed by atoms with E-state index in [9.17, 15) is 24.0 Å². The lowest BCUT2D eigenvalue weighted by Crippen LogP contribution is -2.54. The topological polar surface area (TPSA) is 126 Å². The van der Waals surface area contributed by atoms with Gasteiger partial charge in [-0.1, -0.05) is 13.0 Å². The van der Waals surface area contributed by atoms with Crippen LogP contribution in [0.3, 0.4) is 0 Å². The van der Waals surface area contributed by atoms with Crippen LogP contribution in [0.25, 0.3) is 0 Å². The van der Waals surface area contributed by atoms with E-state index in [1.807, 2.05) is 13.0 Å². The number of piperidine rings is 1. The summed E-state index contributed by atoms with van der Waals surface area (Å²) in [7, 11) is 0. The second-order valence-electron chi connectivity index (χ2n) is 7.32. The summed E-state index contributed by atoms with van der Waals surface area (Å²) in [5.41, 5.74) is 1.27. The van der Waals surface area contributed by atoms with Crippen LogP contribution in [0.4, 0.5) is 0 Å². The van der Waals surface area contributed by atoms with Crippen LogP contribution in [0, 0.1) is 0 Å². The SMILES string of the molecule is CCSc1ccc(C(=O)NCc2ccc3c(c2)C(=O)N(C2CCC(=O)NC2=O)C3=O)nc1.[HH].[HH]. The van der Waals surface area contributed by atoms with E-state index in [1.165, 1.54) is 12.1 Å². The van der Waals surface area contributed by atoms with Crippen molar-refractivity contribution in [1.82, 2.24) is 20.5 Å². The molecule has 0 bridgehead atoms. The molecule has 0 spiro atoms. The molecule has 168 valence electrons. The van der Waals surface area contributed by atoms with E-state index in [0.717, 1.165) is 15.5 Å². The molecular weight excluding hydrogens is 432 g/mol. The molecule has 4 rings (SSSR count). The van der Waals surface area contributed by atoms with Gasteiger partial charge < -0.3 is 5.32 Å². The van der Waals surface area contributed by atoms with Gasteiger partial charge in [-0.2, -0.15) is 0 Å². The number of hydrogen-bond donors (Lipinski definition) is 2. The third-order valence-electron chi connectivity index (χ3n) is 5.24. The molecule has 0 radical (unpaired) electrons. The van der Waals surface area contributed by atoms with Crippen LogP contribution >= 0.6 is 11.8 Å². The van der Waals surface area contributed by atoms with Gasteiger partial charge in [-0.25, -0.2) is 4.98 Å². The third kappa shape index (κ3) is 4.13. The Hall–Kier alpha value is -3.53. The second-order valence-corrected chi connectivity index (χ2v) is 8.66. The molecule has 1 aromatic heterocycles. The molecule has 1 unspecified atom stereocenters. The zero-order chi connectivity index (χ0) is 22.8. The smallest absolute Gasteiger partial charge is 0.270 e. The van der Waals surface area contributed by atoms with Crippen LogP contribution in [-0.2, 0) is 16.1 Å². The summed E-state index contributed by atoms with van der Waals surface area (Å²) in [5.74, 6) is -1.67. The van der Waals surface area contributed by atoms with E-state index in [1.54, 1.807) is 30.1 Å². The Balaban J connectivity index is 0.00000204. The lowest BCUT2D eigenvalue weighted by atomic mass is 10.0. The van der Waals surface area contributed by atoms with E-state index in [4.69, 9.17) is 0 Å². The molecule has 1 atom stereocenters. The first-order valence-electron chi connectivity index (χ1n) is 10.1. The number of nitrogens with one attached hydrogen (secondary N) is 2. The molecule has 3 heterocycles. The molecule has 9 nitrogen and oxygen atoms in total. The number of hydrogen-bond acceptors (Lipinski definition) is 7. The summed E-state index contributed by atoms with van der Waals surface area (Å²) < 4.78 is 0. The zero-order valence-electron chi connectivity index (χ0n) is 17.2. The van der Waals surface area contributed by atoms with Crippen molar-refractivity contribution in [2.45, 2.75) is 37.2 Å². The molecule has 1 saturated heterocycles. The number of carbonyl (C=O) groups excluding carboxylic acids is 5. The van der Waals surface area contributed by atoms with Crippen LogP contribution in [0.1, 0.15) is 59.4 Å². The van der Waals surface area contributed by atoms with Crippen molar-refractivity contribution in [3.8, 4) is 0 Å². The van der Waals surface area contributed by atoms with Gasteiger partial charge >= 0.3 is 0 Å². The first-order valence-corrected chi connectivity index (χ1v) is 11.1. The number of pyridine rings is 1. The normalized spacial score (nSPS) is 17.9. The summed E-state index contributed by atoms with van der Waals surface area (Å²) in [6, 6.07) is 7.17. The third-order valence-corrected chi connectivity index (χ3v) is 6.10. The van der Waals surface area contributed by atoms with Crippen LogP contribution in [0.2, 0.25) is 0 Å². The van der Waals surface area contributed by atoms with Gasteiger partial charge in [0.2, 0.25) is 11.8 Å². The first-order chi connectivity index (χ1) is 15.4. The standard InChI is InChI=1S/C22H20N4O5S.2H2/c1-2-32-13-4-6-16(23-11-13)19(28)24-10-12-3-5-14-15(9-12)22(31)26(21(14)30)17-7-8-18(27)25-20(17)29;;/h3-6,9,11,17H,2,7-8,10H2,1H3,(H,24,28)(H,25,27,29);2*1H. The largest absolute Gasteiger partial charge is 0.347 e. The number of nitrogens with zero attached hydrogens (tertiary/aromatic N) is 2. The van der Waals surface area contributed by atoms with E-state index in [0.29, 0.717) is 5.56 Å². The maximum atomic E-state index is 12.9. The molecule has 5 amide bonds. The van der Waals surface area contributed by atoms with Gasteiger partial charge in [-0.3, -0.25) is 34.2 Å². The molecule has 0 saturated carbocycles. The molecule has 1 fully saturated rings. The lowest BCUT2D eigenvalue weighted by molar-refractivity contribution is -0.136. The van der Waals surface area contributed by atoms with Crippen molar-refractivity contribution in [1.29, 1.82) is 0 Å². The van der Waals surface area contributed by atoms with E-state index >= 15 is 0 Å². The van der Waals surface area contributed by atoms with Gasteiger partial charge in [0.1, 0.15) is 11.7 Å². The highest BCUT2D eigenvalue weighted by molar-refractivity contribution is 7.99. The first kappa shape index (κ1) is 21.7. The number of rotatable bonds is 6. The number of imide groups is 2. The Bertz CT molecular complexity index is 1140. The van der Waals surface area contributed by atoms with Crippen molar-refractivity contribution in [2.24, 2.45) is 0 Å². The van der Waals surface area contributed by atoms with Gasteiger partial charge in [-0.05, 0) is 42.0 Å². The Labute approximate surface area is 190 Å².